The van der Waals surface area contributed by atoms with Crippen molar-refractivity contribution in [1.29, 1.82) is 0 Å². The molecule has 2 aliphatic rings. The van der Waals surface area contributed by atoms with Crippen LogP contribution in [0.1, 0.15) is 55.5 Å². The van der Waals surface area contributed by atoms with Gasteiger partial charge in [-0.3, -0.25) is 9.69 Å². The van der Waals surface area contributed by atoms with Crippen molar-refractivity contribution in [1.82, 2.24) is 9.80 Å². The van der Waals surface area contributed by atoms with Gasteiger partial charge in [0.05, 0.1) is 11.3 Å². The van der Waals surface area contributed by atoms with Crippen LogP contribution in [-0.2, 0) is 4.84 Å². The van der Waals surface area contributed by atoms with Crippen molar-refractivity contribution in [2.45, 2.75) is 45.1 Å². The van der Waals surface area contributed by atoms with Crippen molar-refractivity contribution in [3.63, 3.8) is 0 Å². The van der Waals surface area contributed by atoms with Gasteiger partial charge >= 0.3 is 0 Å². The van der Waals surface area contributed by atoms with Gasteiger partial charge in [0, 0.05) is 29.0 Å². The second-order valence-corrected chi connectivity index (χ2v) is 11.4. The Morgan fingerprint density at radius 3 is 2.28 bits per heavy atom. The van der Waals surface area contributed by atoms with E-state index in [1.807, 2.05) is 19.1 Å². The molecule has 2 aromatic rings. The molecule has 0 atom stereocenters. The zero-order valence-corrected chi connectivity index (χ0v) is 23.7. The number of hydrogen-bond donors (Lipinski definition) is 0. The number of amides is 1. The zero-order valence-electron chi connectivity index (χ0n) is 20.6. The molecule has 0 bridgehead atoms. The summed E-state index contributed by atoms with van der Waals surface area (Å²) in [6, 6.07) is 8.25. The molecule has 3 heterocycles. The van der Waals surface area contributed by atoms with Gasteiger partial charge < -0.3 is 14.9 Å². The van der Waals surface area contributed by atoms with Gasteiger partial charge in [-0.1, -0.05) is 56.4 Å². The highest BCUT2D eigenvalue weighted by molar-refractivity contribution is 9.10. The molecule has 1 amide bonds. The molecule has 0 saturated carbocycles. The van der Waals surface area contributed by atoms with Crippen LogP contribution in [0.3, 0.4) is 0 Å². The summed E-state index contributed by atoms with van der Waals surface area (Å²) in [5.41, 5.74) is 2.33. The lowest BCUT2D eigenvalue weighted by Crippen LogP contribution is -2.56. The molecule has 0 N–H and O–H groups in total. The largest absolute Gasteiger partial charge is 0.619 e. The molecule has 0 aliphatic carbocycles. The van der Waals surface area contributed by atoms with Crippen molar-refractivity contribution >= 4 is 50.8 Å². The second kappa shape index (κ2) is 11.7. The number of rotatable bonds is 6. The highest BCUT2D eigenvalue weighted by atomic mass is 79.9. The summed E-state index contributed by atoms with van der Waals surface area (Å²) >= 11 is 15.8. The number of benzene rings is 1. The van der Waals surface area contributed by atoms with Crippen molar-refractivity contribution in [3.05, 3.63) is 67.5 Å². The number of carbonyl (C=O) groups is 1. The van der Waals surface area contributed by atoms with Gasteiger partial charge in [-0.15, -0.1) is 0 Å². The number of carbonyl (C=O) groups excluding carboxylic acids is 1. The predicted molar refractivity (Wildman–Crippen MR) is 146 cm³/mol. The number of hydrogen-bond acceptors (Lipinski definition) is 5. The maximum absolute atomic E-state index is 13.1. The fourth-order valence-corrected chi connectivity index (χ4v) is 6.05. The lowest BCUT2D eigenvalue weighted by atomic mass is 9.82. The molecule has 1 aromatic heterocycles. The van der Waals surface area contributed by atoms with E-state index in [-0.39, 0.29) is 27.1 Å². The summed E-state index contributed by atoms with van der Waals surface area (Å²) in [6.07, 6.45) is 6.06. The van der Waals surface area contributed by atoms with Crippen molar-refractivity contribution in [3.8, 4) is 0 Å². The second-order valence-electron chi connectivity index (χ2n) is 9.64. The van der Waals surface area contributed by atoms with Gasteiger partial charge in [-0.25, -0.2) is 0 Å². The smallest absolute Gasteiger partial charge is 0.257 e. The number of aromatic nitrogens is 1. The minimum atomic E-state index is -0.224. The van der Waals surface area contributed by atoms with Crippen LogP contribution < -0.4 is 4.73 Å². The van der Waals surface area contributed by atoms with Crippen LogP contribution in [0.4, 0.5) is 0 Å². The average Bonchev–Trinajstić information content (AvgIpc) is 2.85. The first-order chi connectivity index (χ1) is 17.2. The van der Waals surface area contributed by atoms with Crippen LogP contribution in [0.25, 0.3) is 0 Å². The Balaban J connectivity index is 1.38. The number of nitrogens with zero attached hydrogens (tertiary/aromatic N) is 4. The highest BCUT2D eigenvalue weighted by Gasteiger charge is 2.40. The molecule has 36 heavy (non-hydrogen) atoms. The van der Waals surface area contributed by atoms with Crippen LogP contribution in [0.15, 0.2) is 46.3 Å². The van der Waals surface area contributed by atoms with E-state index < -0.39 is 0 Å². The third-order valence-electron chi connectivity index (χ3n) is 7.38. The molecule has 0 unspecified atom stereocenters. The number of likely N-dealkylation sites (tertiary alicyclic amines) is 2. The highest BCUT2D eigenvalue weighted by Crippen LogP contribution is 2.35. The van der Waals surface area contributed by atoms with Crippen molar-refractivity contribution in [2.24, 2.45) is 11.1 Å². The summed E-state index contributed by atoms with van der Waals surface area (Å²) in [5, 5.41) is 16.2. The van der Waals surface area contributed by atoms with Crippen LogP contribution in [-0.4, -0.2) is 59.7 Å². The Hall–Kier alpha value is -1.87. The molecule has 194 valence electrons. The maximum atomic E-state index is 13.1. The van der Waals surface area contributed by atoms with E-state index in [1.165, 1.54) is 0 Å². The molecule has 2 fully saturated rings. The van der Waals surface area contributed by atoms with Gasteiger partial charge in [-0.05, 0) is 70.3 Å². The summed E-state index contributed by atoms with van der Waals surface area (Å²) in [4.78, 5) is 22.9. The first kappa shape index (κ1) is 27.2. The molecule has 0 spiro atoms. The number of halogens is 3. The SMILES string of the molecule is CCO/N=C(/c1ccc(Br)cc1)C1CCN(C2(C)CCN(C(=O)c3c(Cl)c[n+]([O-])cc3Cl)CC2)CC1. The minimum absolute atomic E-state index is 0.0128. The van der Waals surface area contributed by atoms with Crippen LogP contribution in [0, 0.1) is 11.1 Å². The third-order valence-corrected chi connectivity index (χ3v) is 8.48. The average molecular weight is 598 g/mol. The predicted octanol–water partition coefficient (Wildman–Crippen LogP) is 5.54. The first-order valence-electron chi connectivity index (χ1n) is 12.3. The minimum Gasteiger partial charge on any atom is -0.619 e. The Labute approximate surface area is 230 Å². The topological polar surface area (TPSA) is 72.1 Å². The maximum Gasteiger partial charge on any atom is 0.257 e. The van der Waals surface area contributed by atoms with E-state index in [2.05, 4.69) is 45.0 Å². The van der Waals surface area contributed by atoms with Crippen LogP contribution in [0.2, 0.25) is 10.0 Å². The van der Waals surface area contributed by atoms with Gasteiger partial charge in [0.15, 0.2) is 12.4 Å². The number of piperidine rings is 2. The third kappa shape index (κ3) is 5.98. The number of oxime groups is 1. The Bertz CT molecular complexity index is 1090. The molecular formula is C26H31BrCl2N4O3. The fraction of sp³-hybridized carbons (Fsp3) is 0.500. The molecule has 1 aromatic carbocycles. The van der Waals surface area contributed by atoms with E-state index in [0.29, 0.717) is 30.3 Å². The standard InChI is InChI=1S/C26H31BrCl2N4O3/c1-3-36-30-24(18-4-6-20(27)7-5-18)19-8-12-32(13-9-19)26(2)10-14-31(15-11-26)25(34)23-21(28)16-33(35)17-22(23)29/h4-7,16-17,19H,3,8-15H2,1-2H3/b30-24-. The van der Waals surface area contributed by atoms with Crippen molar-refractivity contribution in [2.75, 3.05) is 32.8 Å². The Morgan fingerprint density at radius 2 is 1.72 bits per heavy atom. The van der Waals surface area contributed by atoms with Crippen LogP contribution in [0.5, 0.6) is 0 Å². The molecule has 7 nitrogen and oxygen atoms in total. The zero-order chi connectivity index (χ0) is 25.9. The molecule has 2 saturated heterocycles. The fourth-order valence-electron chi connectivity index (χ4n) is 5.18. The molecule has 4 rings (SSSR count). The van der Waals surface area contributed by atoms with Crippen molar-refractivity contribution < 1.29 is 14.4 Å². The van der Waals surface area contributed by atoms with Crippen LogP contribution >= 0.6 is 39.1 Å². The van der Waals surface area contributed by atoms with Gasteiger partial charge in [0.1, 0.15) is 16.7 Å². The summed E-state index contributed by atoms with van der Waals surface area (Å²) in [6.45, 7) is 7.95. The quantitative estimate of drug-likeness (QED) is 0.190. The first-order valence-corrected chi connectivity index (χ1v) is 13.8. The Kier molecular flexibility index (Phi) is 8.81. The molecule has 2 aliphatic heterocycles. The van der Waals surface area contributed by atoms with Gasteiger partial charge in [0.25, 0.3) is 5.91 Å². The van der Waals surface area contributed by atoms with Gasteiger partial charge in [0.2, 0.25) is 0 Å². The molecular weight excluding hydrogens is 567 g/mol. The lowest BCUT2D eigenvalue weighted by molar-refractivity contribution is -0.605. The van der Waals surface area contributed by atoms with E-state index in [1.54, 1.807) is 4.90 Å². The van der Waals surface area contributed by atoms with E-state index in [0.717, 1.165) is 66.9 Å². The van der Waals surface area contributed by atoms with Gasteiger partial charge in [-0.2, -0.15) is 4.73 Å². The summed E-state index contributed by atoms with van der Waals surface area (Å²) in [7, 11) is 0. The summed E-state index contributed by atoms with van der Waals surface area (Å²) in [5.74, 6) is 0.114. The Morgan fingerprint density at radius 1 is 1.14 bits per heavy atom. The molecule has 10 heteroatoms. The van der Waals surface area contributed by atoms with E-state index >= 15 is 0 Å². The van der Waals surface area contributed by atoms with E-state index in [9.17, 15) is 10.0 Å². The monoisotopic (exact) mass is 596 g/mol. The normalized spacial score (nSPS) is 19.4. The lowest BCUT2D eigenvalue weighted by Gasteiger charge is -2.49. The van der Waals surface area contributed by atoms with E-state index in [4.69, 9.17) is 28.0 Å². The molecule has 0 radical (unpaired) electrons. The number of pyridine rings is 1. The summed E-state index contributed by atoms with van der Waals surface area (Å²) < 4.78 is 1.56.